The van der Waals surface area contributed by atoms with Gasteiger partial charge in [0.25, 0.3) is 5.91 Å². The molecule has 27 heavy (non-hydrogen) atoms. The fraction of sp³-hybridized carbons (Fsp3) is 0.500. The molecule has 0 aliphatic carbocycles. The molecular weight excluding hydrogens is 389 g/mol. The Balaban J connectivity index is 0.00000261. The van der Waals surface area contributed by atoms with Gasteiger partial charge in [-0.05, 0) is 63.0 Å². The zero-order valence-electron chi connectivity index (χ0n) is 15.7. The molecule has 1 aromatic heterocycles. The highest BCUT2D eigenvalue weighted by Gasteiger charge is 2.21. The number of ether oxygens (including phenoxy) is 1. The number of aromatic nitrogens is 3. The van der Waals surface area contributed by atoms with Gasteiger partial charge in [-0.2, -0.15) is 10.1 Å². The first-order chi connectivity index (χ1) is 12.4. The summed E-state index contributed by atoms with van der Waals surface area (Å²) in [6.07, 6.45) is 2.02. The number of carbonyl (C=O) groups is 1. The van der Waals surface area contributed by atoms with Gasteiger partial charge in [0, 0.05) is 18.0 Å². The van der Waals surface area contributed by atoms with E-state index >= 15 is 0 Å². The number of amides is 1. The standard InChI is InChI=1S/C18H24ClN5O2.ClH/c1-11-8-14(9-12(2)16(11)19)26-10-15(25)21-18-22-17(23-24(18)3)13-4-6-20-7-5-13;/h8-9,13,20H,4-7,10H2,1-3H3,(H,21,22,23,25);1H. The molecule has 1 amide bonds. The lowest BCUT2D eigenvalue weighted by Gasteiger charge is -2.19. The van der Waals surface area contributed by atoms with Crippen molar-refractivity contribution in [1.82, 2.24) is 20.1 Å². The molecule has 1 fully saturated rings. The van der Waals surface area contributed by atoms with Crippen molar-refractivity contribution in [3.8, 4) is 5.75 Å². The van der Waals surface area contributed by atoms with Crippen molar-refractivity contribution < 1.29 is 9.53 Å². The topological polar surface area (TPSA) is 81.1 Å². The van der Waals surface area contributed by atoms with Gasteiger partial charge in [-0.1, -0.05) is 11.6 Å². The number of nitrogens with zero attached hydrogens (tertiary/aromatic N) is 3. The maximum Gasteiger partial charge on any atom is 0.264 e. The van der Waals surface area contributed by atoms with Crippen LogP contribution in [0.3, 0.4) is 0 Å². The molecule has 148 valence electrons. The molecule has 0 atom stereocenters. The molecule has 0 bridgehead atoms. The first-order valence-corrected chi connectivity index (χ1v) is 9.13. The Bertz CT molecular complexity index is 780. The minimum atomic E-state index is -0.275. The summed E-state index contributed by atoms with van der Waals surface area (Å²) in [5, 5.41) is 11.2. The number of piperidine rings is 1. The molecule has 7 nitrogen and oxygen atoms in total. The van der Waals surface area contributed by atoms with Crippen LogP contribution in [0.1, 0.15) is 35.7 Å². The van der Waals surface area contributed by atoms with E-state index in [0.29, 0.717) is 22.6 Å². The Kier molecular flexibility index (Phi) is 7.47. The third-order valence-electron chi connectivity index (χ3n) is 4.51. The van der Waals surface area contributed by atoms with Crippen LogP contribution in [-0.2, 0) is 11.8 Å². The monoisotopic (exact) mass is 413 g/mol. The van der Waals surface area contributed by atoms with Gasteiger partial charge in [-0.15, -0.1) is 12.4 Å². The van der Waals surface area contributed by atoms with Gasteiger partial charge in [-0.25, -0.2) is 4.68 Å². The van der Waals surface area contributed by atoms with Gasteiger partial charge in [0.05, 0.1) is 0 Å². The summed E-state index contributed by atoms with van der Waals surface area (Å²) in [7, 11) is 1.78. The van der Waals surface area contributed by atoms with Gasteiger partial charge < -0.3 is 10.1 Å². The van der Waals surface area contributed by atoms with E-state index in [9.17, 15) is 4.79 Å². The van der Waals surface area contributed by atoms with Crippen molar-refractivity contribution in [3.63, 3.8) is 0 Å². The van der Waals surface area contributed by atoms with Crippen molar-refractivity contribution in [1.29, 1.82) is 0 Å². The molecular formula is C18H25Cl2N5O2. The van der Waals surface area contributed by atoms with E-state index in [-0.39, 0.29) is 24.9 Å². The van der Waals surface area contributed by atoms with Crippen molar-refractivity contribution in [3.05, 3.63) is 34.1 Å². The summed E-state index contributed by atoms with van der Waals surface area (Å²) in [5.74, 6) is 1.91. The van der Waals surface area contributed by atoms with E-state index in [1.807, 2.05) is 26.0 Å². The molecule has 0 unspecified atom stereocenters. The molecule has 2 heterocycles. The molecule has 9 heteroatoms. The van der Waals surface area contributed by atoms with Crippen molar-refractivity contribution in [2.24, 2.45) is 7.05 Å². The number of rotatable bonds is 5. The lowest BCUT2D eigenvalue weighted by molar-refractivity contribution is -0.118. The van der Waals surface area contributed by atoms with Crippen molar-refractivity contribution in [2.75, 3.05) is 25.0 Å². The van der Waals surface area contributed by atoms with Crippen molar-refractivity contribution >= 4 is 35.9 Å². The summed E-state index contributed by atoms with van der Waals surface area (Å²) < 4.78 is 7.19. The Labute approximate surface area is 170 Å². The molecule has 0 saturated carbocycles. The zero-order chi connectivity index (χ0) is 18.7. The number of hydrogen-bond donors (Lipinski definition) is 2. The number of benzene rings is 1. The van der Waals surface area contributed by atoms with Crippen LogP contribution < -0.4 is 15.4 Å². The van der Waals surface area contributed by atoms with Crippen LogP contribution in [0.2, 0.25) is 5.02 Å². The maximum absolute atomic E-state index is 12.2. The Morgan fingerprint density at radius 1 is 1.33 bits per heavy atom. The van der Waals surface area contributed by atoms with Crippen molar-refractivity contribution in [2.45, 2.75) is 32.6 Å². The van der Waals surface area contributed by atoms with Gasteiger partial charge in [0.2, 0.25) is 5.95 Å². The quantitative estimate of drug-likeness (QED) is 0.786. The SMILES string of the molecule is Cc1cc(OCC(=O)Nc2nc(C3CCNCC3)nn2C)cc(C)c1Cl.Cl. The van der Waals surface area contributed by atoms with Gasteiger partial charge >= 0.3 is 0 Å². The summed E-state index contributed by atoms with van der Waals surface area (Å²) in [6.45, 7) is 5.65. The average molecular weight is 414 g/mol. The number of nitrogens with one attached hydrogen (secondary N) is 2. The van der Waals surface area contributed by atoms with Gasteiger partial charge in [-0.3, -0.25) is 10.1 Å². The average Bonchev–Trinajstić information content (AvgIpc) is 2.99. The third kappa shape index (κ3) is 5.34. The lowest BCUT2D eigenvalue weighted by Crippen LogP contribution is -2.27. The second kappa shape index (κ2) is 9.39. The number of halogens is 2. The second-order valence-electron chi connectivity index (χ2n) is 6.65. The van der Waals surface area contributed by atoms with E-state index in [2.05, 4.69) is 20.7 Å². The zero-order valence-corrected chi connectivity index (χ0v) is 17.3. The minimum Gasteiger partial charge on any atom is -0.484 e. The van der Waals surface area contributed by atoms with E-state index in [4.69, 9.17) is 16.3 Å². The Hall–Kier alpha value is -1.83. The molecule has 0 radical (unpaired) electrons. The summed E-state index contributed by atoms with van der Waals surface area (Å²) in [5.41, 5.74) is 1.84. The summed E-state index contributed by atoms with van der Waals surface area (Å²) in [6, 6.07) is 3.64. The van der Waals surface area contributed by atoms with Crippen LogP contribution in [0, 0.1) is 13.8 Å². The van der Waals surface area contributed by atoms with E-state index < -0.39 is 0 Å². The molecule has 0 spiro atoms. The van der Waals surface area contributed by atoms with Gasteiger partial charge in [0.15, 0.2) is 12.4 Å². The molecule has 1 aromatic carbocycles. The van der Waals surface area contributed by atoms with Crippen LogP contribution in [0.15, 0.2) is 12.1 Å². The highest BCUT2D eigenvalue weighted by atomic mass is 35.5. The molecule has 3 rings (SSSR count). The molecule has 1 aliphatic heterocycles. The largest absolute Gasteiger partial charge is 0.484 e. The Morgan fingerprint density at radius 2 is 1.96 bits per heavy atom. The predicted octanol–water partition coefficient (Wildman–Crippen LogP) is 2.99. The highest BCUT2D eigenvalue weighted by molar-refractivity contribution is 6.32. The lowest BCUT2D eigenvalue weighted by atomic mass is 9.98. The molecule has 1 aliphatic rings. The summed E-state index contributed by atoms with van der Waals surface area (Å²) in [4.78, 5) is 16.7. The number of carbonyl (C=O) groups excluding carboxylic acids is 1. The van der Waals surface area contributed by atoms with Crippen LogP contribution in [0.4, 0.5) is 5.95 Å². The highest BCUT2D eigenvalue weighted by Crippen LogP contribution is 2.26. The number of anilines is 1. The van der Waals surface area contributed by atoms with Crippen LogP contribution in [-0.4, -0.2) is 40.4 Å². The first kappa shape index (κ1) is 21.5. The van der Waals surface area contributed by atoms with E-state index in [1.165, 1.54) is 0 Å². The second-order valence-corrected chi connectivity index (χ2v) is 7.03. The fourth-order valence-electron chi connectivity index (χ4n) is 3.07. The first-order valence-electron chi connectivity index (χ1n) is 8.75. The van der Waals surface area contributed by atoms with Gasteiger partial charge in [0.1, 0.15) is 5.75 Å². The Morgan fingerprint density at radius 3 is 2.59 bits per heavy atom. The van der Waals surface area contributed by atoms with Crippen LogP contribution >= 0.6 is 24.0 Å². The number of hydrogen-bond acceptors (Lipinski definition) is 5. The predicted molar refractivity (Wildman–Crippen MR) is 108 cm³/mol. The third-order valence-corrected chi connectivity index (χ3v) is 5.11. The minimum absolute atomic E-state index is 0. The smallest absolute Gasteiger partial charge is 0.264 e. The fourth-order valence-corrected chi connectivity index (χ4v) is 3.17. The molecule has 2 N–H and O–H groups in total. The molecule has 2 aromatic rings. The van der Waals surface area contributed by atoms with Crippen LogP contribution in [0.25, 0.3) is 0 Å². The summed E-state index contributed by atoms with van der Waals surface area (Å²) >= 11 is 6.15. The van der Waals surface area contributed by atoms with E-state index in [1.54, 1.807) is 11.7 Å². The molecule has 1 saturated heterocycles. The maximum atomic E-state index is 12.2. The normalized spacial score (nSPS) is 14.5. The van der Waals surface area contributed by atoms with Crippen LogP contribution in [0.5, 0.6) is 5.75 Å². The van der Waals surface area contributed by atoms with E-state index in [0.717, 1.165) is 42.9 Å². The number of aryl methyl sites for hydroxylation is 3.